The lowest BCUT2D eigenvalue weighted by Gasteiger charge is -2.35. The van der Waals surface area contributed by atoms with E-state index in [9.17, 15) is 4.79 Å². The Labute approximate surface area is 165 Å². The van der Waals surface area contributed by atoms with Gasteiger partial charge in [-0.25, -0.2) is 4.68 Å². The van der Waals surface area contributed by atoms with E-state index in [0.29, 0.717) is 18.8 Å². The van der Waals surface area contributed by atoms with E-state index in [-0.39, 0.29) is 5.91 Å². The van der Waals surface area contributed by atoms with Crippen LogP contribution in [0.2, 0.25) is 0 Å². The zero-order chi connectivity index (χ0) is 19.7. The van der Waals surface area contributed by atoms with Crippen LogP contribution in [0.15, 0.2) is 48.7 Å². The normalized spacial score (nSPS) is 14.4. The fourth-order valence-electron chi connectivity index (χ4n) is 3.73. The Kier molecular flexibility index (Phi) is 4.86. The van der Waals surface area contributed by atoms with Crippen LogP contribution in [0, 0.1) is 20.8 Å². The molecule has 4 rings (SSSR count). The summed E-state index contributed by atoms with van der Waals surface area (Å²) in [5, 5.41) is 8.29. The molecule has 0 N–H and O–H groups in total. The predicted molar refractivity (Wildman–Crippen MR) is 110 cm³/mol. The van der Waals surface area contributed by atoms with E-state index >= 15 is 0 Å². The van der Waals surface area contributed by atoms with Gasteiger partial charge in [0.1, 0.15) is 0 Å². The smallest absolute Gasteiger partial charge is 0.276 e. The SMILES string of the molecule is Cc1cccc(N2CCN(C(=O)c3cn(-c4cc(C)cc(C)c4)nn3)CC2)c1. The first-order chi connectivity index (χ1) is 13.5. The fourth-order valence-corrected chi connectivity index (χ4v) is 3.73. The first-order valence-corrected chi connectivity index (χ1v) is 9.61. The molecule has 1 saturated heterocycles. The average molecular weight is 375 g/mol. The van der Waals surface area contributed by atoms with Crippen LogP contribution in [0.3, 0.4) is 0 Å². The van der Waals surface area contributed by atoms with Crippen LogP contribution in [0.4, 0.5) is 5.69 Å². The van der Waals surface area contributed by atoms with Crippen LogP contribution < -0.4 is 4.90 Å². The lowest BCUT2D eigenvalue weighted by Crippen LogP contribution is -2.48. The number of benzene rings is 2. The predicted octanol–water partition coefficient (Wildman–Crippen LogP) is 3.15. The minimum Gasteiger partial charge on any atom is -0.368 e. The van der Waals surface area contributed by atoms with Crippen LogP contribution in [0.5, 0.6) is 0 Å². The molecule has 0 radical (unpaired) electrons. The molecule has 0 unspecified atom stereocenters. The van der Waals surface area contributed by atoms with E-state index in [1.807, 2.05) is 30.9 Å². The van der Waals surface area contributed by atoms with Gasteiger partial charge in [-0.15, -0.1) is 5.10 Å². The molecule has 0 bridgehead atoms. The van der Waals surface area contributed by atoms with Gasteiger partial charge >= 0.3 is 0 Å². The van der Waals surface area contributed by atoms with Gasteiger partial charge in [0.25, 0.3) is 5.91 Å². The molecule has 1 aromatic heterocycles. The summed E-state index contributed by atoms with van der Waals surface area (Å²) < 4.78 is 1.68. The van der Waals surface area contributed by atoms with Crippen molar-refractivity contribution >= 4 is 11.6 Å². The molecule has 0 atom stereocenters. The maximum atomic E-state index is 12.9. The van der Waals surface area contributed by atoms with Crippen molar-refractivity contribution in [2.24, 2.45) is 0 Å². The molecule has 6 heteroatoms. The van der Waals surface area contributed by atoms with Crippen molar-refractivity contribution < 1.29 is 4.79 Å². The van der Waals surface area contributed by atoms with Crippen molar-refractivity contribution in [1.29, 1.82) is 0 Å². The molecular weight excluding hydrogens is 350 g/mol. The third-order valence-corrected chi connectivity index (χ3v) is 5.12. The third-order valence-electron chi connectivity index (χ3n) is 5.12. The molecule has 0 saturated carbocycles. The maximum Gasteiger partial charge on any atom is 0.276 e. The summed E-state index contributed by atoms with van der Waals surface area (Å²) in [4.78, 5) is 17.1. The molecule has 0 spiro atoms. The Morgan fingerprint density at radius 1 is 0.857 bits per heavy atom. The molecule has 144 valence electrons. The topological polar surface area (TPSA) is 54.3 Å². The Morgan fingerprint density at radius 3 is 2.21 bits per heavy atom. The zero-order valence-electron chi connectivity index (χ0n) is 16.6. The fraction of sp³-hybridized carbons (Fsp3) is 0.318. The van der Waals surface area contributed by atoms with Gasteiger partial charge in [-0.1, -0.05) is 23.4 Å². The van der Waals surface area contributed by atoms with E-state index in [0.717, 1.165) is 29.9 Å². The second-order valence-electron chi connectivity index (χ2n) is 7.51. The van der Waals surface area contributed by atoms with Gasteiger partial charge in [0.15, 0.2) is 5.69 Å². The van der Waals surface area contributed by atoms with Crippen LogP contribution in [-0.4, -0.2) is 52.0 Å². The Hall–Kier alpha value is -3.15. The minimum atomic E-state index is -0.0560. The van der Waals surface area contributed by atoms with Crippen molar-refractivity contribution in [3.8, 4) is 5.69 Å². The van der Waals surface area contributed by atoms with Crippen LogP contribution in [0.1, 0.15) is 27.2 Å². The molecule has 1 amide bonds. The first kappa shape index (κ1) is 18.2. The quantitative estimate of drug-likeness (QED) is 0.706. The number of carbonyl (C=O) groups excluding carboxylic acids is 1. The summed E-state index contributed by atoms with van der Waals surface area (Å²) in [6, 6.07) is 14.7. The number of hydrogen-bond donors (Lipinski definition) is 0. The average Bonchev–Trinajstić information content (AvgIpc) is 3.17. The summed E-state index contributed by atoms with van der Waals surface area (Å²) >= 11 is 0. The number of amides is 1. The third kappa shape index (κ3) is 3.76. The molecule has 2 aromatic carbocycles. The second kappa shape index (κ2) is 7.46. The first-order valence-electron chi connectivity index (χ1n) is 9.61. The summed E-state index contributed by atoms with van der Waals surface area (Å²) in [5.41, 5.74) is 6.10. The molecule has 1 aliphatic rings. The van der Waals surface area contributed by atoms with Gasteiger partial charge in [0.2, 0.25) is 0 Å². The molecule has 28 heavy (non-hydrogen) atoms. The number of aromatic nitrogens is 3. The molecule has 3 aromatic rings. The number of piperazine rings is 1. The van der Waals surface area contributed by atoms with E-state index in [1.54, 1.807) is 10.9 Å². The zero-order valence-corrected chi connectivity index (χ0v) is 16.6. The van der Waals surface area contributed by atoms with E-state index in [2.05, 4.69) is 52.5 Å². The standard InChI is InChI=1S/C22H25N5O/c1-16-5-4-6-19(12-16)25-7-9-26(10-8-25)22(28)21-15-27(24-23-21)20-13-17(2)11-18(3)14-20/h4-6,11-15H,7-10H2,1-3H3. The molecule has 2 heterocycles. The number of anilines is 1. The van der Waals surface area contributed by atoms with Gasteiger partial charge in [0.05, 0.1) is 11.9 Å². The highest BCUT2D eigenvalue weighted by Gasteiger charge is 2.24. The van der Waals surface area contributed by atoms with Crippen molar-refractivity contribution in [1.82, 2.24) is 19.9 Å². The molecule has 6 nitrogen and oxygen atoms in total. The molecule has 0 aliphatic carbocycles. The van der Waals surface area contributed by atoms with Crippen LogP contribution >= 0.6 is 0 Å². The van der Waals surface area contributed by atoms with Crippen LogP contribution in [-0.2, 0) is 0 Å². The number of aryl methyl sites for hydroxylation is 3. The van der Waals surface area contributed by atoms with E-state index in [1.165, 1.54) is 11.3 Å². The number of hydrogen-bond acceptors (Lipinski definition) is 4. The number of rotatable bonds is 3. The van der Waals surface area contributed by atoms with Crippen molar-refractivity contribution in [2.45, 2.75) is 20.8 Å². The molecular formula is C22H25N5O. The van der Waals surface area contributed by atoms with Crippen molar-refractivity contribution in [3.63, 3.8) is 0 Å². The highest BCUT2D eigenvalue weighted by molar-refractivity contribution is 5.92. The summed E-state index contributed by atoms with van der Waals surface area (Å²) in [6.07, 6.45) is 1.73. The molecule has 1 fully saturated rings. The highest BCUT2D eigenvalue weighted by atomic mass is 16.2. The largest absolute Gasteiger partial charge is 0.368 e. The summed E-state index contributed by atoms with van der Waals surface area (Å²) in [6.45, 7) is 9.20. The summed E-state index contributed by atoms with van der Waals surface area (Å²) in [7, 11) is 0. The van der Waals surface area contributed by atoms with E-state index < -0.39 is 0 Å². The van der Waals surface area contributed by atoms with Crippen molar-refractivity contribution in [2.75, 3.05) is 31.1 Å². The second-order valence-corrected chi connectivity index (χ2v) is 7.51. The summed E-state index contributed by atoms with van der Waals surface area (Å²) in [5.74, 6) is -0.0560. The van der Waals surface area contributed by atoms with Crippen LogP contribution in [0.25, 0.3) is 5.69 Å². The highest BCUT2D eigenvalue weighted by Crippen LogP contribution is 2.19. The Morgan fingerprint density at radius 2 is 1.54 bits per heavy atom. The molecule has 1 aliphatic heterocycles. The maximum absolute atomic E-state index is 12.9. The number of carbonyl (C=O) groups is 1. The van der Waals surface area contributed by atoms with E-state index in [4.69, 9.17) is 0 Å². The van der Waals surface area contributed by atoms with Crippen molar-refractivity contribution in [3.05, 3.63) is 71.0 Å². The van der Waals surface area contributed by atoms with Gasteiger partial charge in [0, 0.05) is 31.9 Å². The Bertz CT molecular complexity index is 981. The minimum absolute atomic E-state index is 0.0560. The lowest BCUT2D eigenvalue weighted by atomic mass is 10.1. The van der Waals surface area contributed by atoms with Gasteiger partial charge in [-0.2, -0.15) is 0 Å². The lowest BCUT2D eigenvalue weighted by molar-refractivity contribution is 0.0740. The van der Waals surface area contributed by atoms with Gasteiger partial charge in [-0.05, 0) is 61.7 Å². The monoisotopic (exact) mass is 375 g/mol. The van der Waals surface area contributed by atoms with Gasteiger partial charge in [-0.3, -0.25) is 4.79 Å². The Balaban J connectivity index is 1.44. The van der Waals surface area contributed by atoms with Gasteiger partial charge < -0.3 is 9.80 Å². The number of nitrogens with zero attached hydrogens (tertiary/aromatic N) is 5.